The van der Waals surface area contributed by atoms with Crippen LogP contribution in [0.1, 0.15) is 25.5 Å². The maximum Gasteiger partial charge on any atom is 0.311 e. The van der Waals surface area contributed by atoms with Gasteiger partial charge in [0.15, 0.2) is 10.3 Å². The first-order valence-electron chi connectivity index (χ1n) is 9.49. The molecule has 8 nitrogen and oxygen atoms in total. The zero-order valence-corrected chi connectivity index (χ0v) is 17.6. The maximum absolute atomic E-state index is 12.8. The fraction of sp³-hybridized carbons (Fsp3) is 0.421. The Morgan fingerprint density at radius 3 is 3.10 bits per heavy atom. The van der Waals surface area contributed by atoms with Gasteiger partial charge in [0.05, 0.1) is 24.6 Å². The average Bonchev–Trinajstić information content (AvgIpc) is 3.35. The number of hydrogen-bond donors (Lipinski definition) is 1. The highest BCUT2D eigenvalue weighted by Gasteiger charge is 2.28. The number of amides is 1. The second kappa shape index (κ2) is 8.83. The molecule has 152 valence electrons. The fourth-order valence-corrected chi connectivity index (χ4v) is 4.93. The van der Waals surface area contributed by atoms with E-state index in [1.807, 2.05) is 12.1 Å². The van der Waals surface area contributed by atoms with Crippen LogP contribution in [0.3, 0.4) is 0 Å². The molecule has 0 bridgehead atoms. The number of hydrogen-bond acceptors (Lipinski definition) is 9. The Morgan fingerprint density at radius 1 is 1.38 bits per heavy atom. The number of carbonyl (C=O) groups is 2. The van der Waals surface area contributed by atoms with Crippen molar-refractivity contribution in [3.63, 3.8) is 0 Å². The van der Waals surface area contributed by atoms with E-state index in [1.54, 1.807) is 29.8 Å². The number of pyridine rings is 1. The summed E-state index contributed by atoms with van der Waals surface area (Å²) < 4.78 is 4.93. The molecule has 4 rings (SSSR count). The molecule has 3 aromatic rings. The van der Waals surface area contributed by atoms with Crippen molar-refractivity contribution in [1.29, 1.82) is 0 Å². The fourth-order valence-electron chi connectivity index (χ4n) is 3.27. The predicted octanol–water partition coefficient (Wildman–Crippen LogP) is 3.11. The van der Waals surface area contributed by atoms with Crippen molar-refractivity contribution in [2.45, 2.75) is 26.2 Å². The van der Waals surface area contributed by atoms with Crippen LogP contribution in [0.5, 0.6) is 0 Å². The van der Waals surface area contributed by atoms with Gasteiger partial charge in [-0.15, -0.1) is 11.3 Å². The Hall–Kier alpha value is -2.59. The number of thiazole rings is 2. The van der Waals surface area contributed by atoms with Gasteiger partial charge in [-0.1, -0.05) is 11.3 Å². The zero-order chi connectivity index (χ0) is 20.2. The van der Waals surface area contributed by atoms with Gasteiger partial charge < -0.3 is 15.0 Å². The van der Waals surface area contributed by atoms with E-state index in [9.17, 15) is 9.59 Å². The Labute approximate surface area is 175 Å². The molecule has 1 N–H and O–H groups in total. The summed E-state index contributed by atoms with van der Waals surface area (Å²) in [7, 11) is 0. The third-order valence-corrected chi connectivity index (χ3v) is 6.48. The predicted molar refractivity (Wildman–Crippen MR) is 113 cm³/mol. The first-order chi connectivity index (χ1) is 14.1. The number of piperidine rings is 1. The highest BCUT2D eigenvalue weighted by atomic mass is 32.1. The minimum absolute atomic E-state index is 0.0500. The second-order valence-corrected chi connectivity index (χ2v) is 8.54. The molecule has 10 heteroatoms. The van der Waals surface area contributed by atoms with Crippen molar-refractivity contribution in [1.82, 2.24) is 15.0 Å². The summed E-state index contributed by atoms with van der Waals surface area (Å²) >= 11 is 2.87. The molecule has 1 aliphatic heterocycles. The Morgan fingerprint density at radius 2 is 2.28 bits per heavy atom. The molecule has 1 fully saturated rings. The molecule has 0 spiro atoms. The number of ether oxygens (including phenoxy) is 1. The van der Waals surface area contributed by atoms with Crippen molar-refractivity contribution in [2.24, 2.45) is 5.92 Å². The second-order valence-electron chi connectivity index (χ2n) is 6.72. The third kappa shape index (κ3) is 4.70. The Bertz CT molecular complexity index is 985. The molecule has 1 aliphatic rings. The molecule has 0 aliphatic carbocycles. The summed E-state index contributed by atoms with van der Waals surface area (Å²) in [6, 6.07) is 3.83. The number of esters is 1. The number of carbonyl (C=O) groups excluding carboxylic acids is 2. The summed E-state index contributed by atoms with van der Waals surface area (Å²) in [6.45, 7) is 3.61. The minimum atomic E-state index is -0.316. The number of anilines is 2. The van der Waals surface area contributed by atoms with E-state index in [4.69, 9.17) is 4.74 Å². The highest BCUT2D eigenvalue weighted by Crippen LogP contribution is 2.30. The van der Waals surface area contributed by atoms with E-state index < -0.39 is 0 Å². The Balaban J connectivity index is 1.37. The maximum atomic E-state index is 12.8. The van der Waals surface area contributed by atoms with Gasteiger partial charge in [-0.2, -0.15) is 0 Å². The number of nitrogens with zero attached hydrogens (tertiary/aromatic N) is 4. The molecular formula is C19H21N5O3S2. The lowest BCUT2D eigenvalue weighted by molar-refractivity contribution is -0.142. The van der Waals surface area contributed by atoms with Gasteiger partial charge in [-0.05, 0) is 31.9 Å². The van der Waals surface area contributed by atoms with Crippen LogP contribution in [0.25, 0.3) is 10.3 Å². The lowest BCUT2D eigenvalue weighted by Crippen LogP contribution is -2.40. The van der Waals surface area contributed by atoms with Crippen molar-refractivity contribution in [3.8, 4) is 0 Å². The van der Waals surface area contributed by atoms with Crippen LogP contribution < -0.4 is 10.2 Å². The van der Waals surface area contributed by atoms with E-state index in [-0.39, 0.29) is 24.2 Å². The van der Waals surface area contributed by atoms with Crippen LogP contribution in [-0.2, 0) is 20.7 Å². The highest BCUT2D eigenvalue weighted by molar-refractivity contribution is 7.21. The average molecular weight is 432 g/mol. The molecule has 1 amide bonds. The lowest BCUT2D eigenvalue weighted by atomic mass is 9.97. The van der Waals surface area contributed by atoms with E-state index in [1.165, 1.54) is 11.3 Å². The molecule has 0 radical (unpaired) electrons. The molecule has 0 saturated carbocycles. The summed E-state index contributed by atoms with van der Waals surface area (Å²) in [5.74, 6) is -0.504. The van der Waals surface area contributed by atoms with E-state index >= 15 is 0 Å². The van der Waals surface area contributed by atoms with E-state index in [0.717, 1.165) is 34.9 Å². The van der Waals surface area contributed by atoms with Gasteiger partial charge >= 0.3 is 5.97 Å². The van der Waals surface area contributed by atoms with E-state index in [2.05, 4.69) is 25.2 Å². The zero-order valence-electron chi connectivity index (χ0n) is 16.0. The van der Waals surface area contributed by atoms with Gasteiger partial charge in [0.25, 0.3) is 0 Å². The topological polar surface area (TPSA) is 97.3 Å². The molecule has 1 saturated heterocycles. The number of fused-ring (bicyclic) bond motifs is 1. The quantitative estimate of drug-likeness (QED) is 0.599. The molecule has 1 atom stereocenters. The molecule has 0 aromatic carbocycles. The number of aromatic nitrogens is 3. The molecular weight excluding hydrogens is 410 g/mol. The van der Waals surface area contributed by atoms with Crippen LogP contribution in [0, 0.1) is 5.92 Å². The third-order valence-electron chi connectivity index (χ3n) is 4.63. The number of nitrogens with one attached hydrogen (secondary N) is 1. The van der Waals surface area contributed by atoms with E-state index in [0.29, 0.717) is 24.0 Å². The lowest BCUT2D eigenvalue weighted by Gasteiger charge is -2.31. The summed E-state index contributed by atoms with van der Waals surface area (Å²) in [6.07, 6.45) is 3.63. The summed E-state index contributed by atoms with van der Waals surface area (Å²) in [5.41, 5.74) is 1.49. The summed E-state index contributed by atoms with van der Waals surface area (Å²) in [4.78, 5) is 40.7. The van der Waals surface area contributed by atoms with Crippen molar-refractivity contribution in [2.75, 3.05) is 29.9 Å². The normalized spacial score (nSPS) is 16.7. The molecule has 1 unspecified atom stereocenters. The van der Waals surface area contributed by atoms with Gasteiger partial charge in [0.2, 0.25) is 5.91 Å². The van der Waals surface area contributed by atoms with Crippen LogP contribution >= 0.6 is 22.7 Å². The van der Waals surface area contributed by atoms with Gasteiger partial charge in [-0.3, -0.25) is 9.59 Å². The van der Waals surface area contributed by atoms with Crippen molar-refractivity contribution < 1.29 is 14.3 Å². The minimum Gasteiger partial charge on any atom is -0.466 e. The first-order valence-corrected chi connectivity index (χ1v) is 11.2. The van der Waals surface area contributed by atoms with Gasteiger partial charge in [0, 0.05) is 24.7 Å². The largest absolute Gasteiger partial charge is 0.466 e. The smallest absolute Gasteiger partial charge is 0.311 e. The van der Waals surface area contributed by atoms with Crippen molar-refractivity contribution >= 4 is 55.2 Å². The number of rotatable bonds is 6. The van der Waals surface area contributed by atoms with Gasteiger partial charge in [-0.25, -0.2) is 15.0 Å². The standard InChI is InChI=1S/C19H21N5O3S2/c1-2-27-15(25)9-13-11-28-18(21-13)23-16(26)12-5-4-8-24(10-12)19-22-14-6-3-7-20-17(14)29-19/h3,6-7,11-12H,2,4-5,8-10H2,1H3,(H,21,23,26). The van der Waals surface area contributed by atoms with Crippen molar-refractivity contribution in [3.05, 3.63) is 29.4 Å². The Kier molecular flexibility index (Phi) is 6.00. The van der Waals surface area contributed by atoms with Crippen LogP contribution in [0.15, 0.2) is 23.7 Å². The first kappa shape index (κ1) is 19.7. The SMILES string of the molecule is CCOC(=O)Cc1csc(NC(=O)C2CCCN(c3nc4cccnc4s3)C2)n1. The molecule has 29 heavy (non-hydrogen) atoms. The van der Waals surface area contributed by atoms with Gasteiger partial charge in [0.1, 0.15) is 10.3 Å². The van der Waals surface area contributed by atoms with Crippen LogP contribution in [-0.4, -0.2) is 46.5 Å². The molecule has 3 aromatic heterocycles. The van der Waals surface area contributed by atoms with Crippen LogP contribution in [0.4, 0.5) is 10.3 Å². The van der Waals surface area contributed by atoms with Crippen LogP contribution in [0.2, 0.25) is 0 Å². The monoisotopic (exact) mass is 431 g/mol. The molecule has 4 heterocycles. The summed E-state index contributed by atoms with van der Waals surface area (Å²) in [5, 5.41) is 6.08.